The van der Waals surface area contributed by atoms with Crippen molar-refractivity contribution in [2.45, 2.75) is 13.8 Å². The van der Waals surface area contributed by atoms with Gasteiger partial charge in [-0.3, -0.25) is 4.90 Å². The number of benzene rings is 3. The Hall–Kier alpha value is -3.21. The number of nitrogens with zero attached hydrogens (tertiary/aromatic N) is 3. The summed E-state index contributed by atoms with van der Waals surface area (Å²) in [5.41, 5.74) is 2.61. The molecule has 0 saturated carbocycles. The van der Waals surface area contributed by atoms with Crippen LogP contribution in [-0.2, 0) is 0 Å². The molecule has 0 aliphatic carbocycles. The molecule has 0 unspecified atom stereocenters. The molecule has 3 rings (SSSR count). The smallest absolute Gasteiger partial charge is 0.329 e. The second-order valence-electron chi connectivity index (χ2n) is 6.85. The molecule has 0 saturated heterocycles. The summed E-state index contributed by atoms with van der Waals surface area (Å²) in [6.45, 7) is 5.20. The molecule has 0 aliphatic heterocycles. The fourth-order valence-electron chi connectivity index (χ4n) is 3.35. The molecule has 28 heavy (non-hydrogen) atoms. The molecule has 0 heterocycles. The Morgan fingerprint density at radius 2 is 1.39 bits per heavy atom. The van der Waals surface area contributed by atoms with Crippen molar-refractivity contribution in [2.24, 2.45) is 0 Å². The summed E-state index contributed by atoms with van der Waals surface area (Å²) in [4.78, 5) is 19.0. The minimum atomic E-state index is -0.0848. The molecule has 3 aromatic rings. The first-order valence-electron chi connectivity index (χ1n) is 9.55. The number of phenolic OH excluding ortho intramolecular Hbond substituents is 1. The lowest BCUT2D eigenvalue weighted by Crippen LogP contribution is -2.40. The minimum Gasteiger partial charge on any atom is -0.507 e. The van der Waals surface area contributed by atoms with Crippen LogP contribution in [0.1, 0.15) is 13.8 Å². The number of hydrogen-bond donors (Lipinski definition) is 1. The van der Waals surface area contributed by atoms with Gasteiger partial charge in [-0.1, -0.05) is 24.3 Å². The molecule has 146 valence electrons. The fraction of sp³-hybridized carbons (Fsp3) is 0.261. The van der Waals surface area contributed by atoms with Crippen LogP contribution in [0.3, 0.4) is 0 Å². The van der Waals surface area contributed by atoms with Crippen LogP contribution < -0.4 is 9.80 Å². The third kappa shape index (κ3) is 3.60. The molecular weight excluding hydrogens is 350 g/mol. The van der Waals surface area contributed by atoms with Crippen LogP contribution >= 0.6 is 0 Å². The zero-order valence-corrected chi connectivity index (χ0v) is 16.9. The van der Waals surface area contributed by atoms with Crippen molar-refractivity contribution in [1.29, 1.82) is 0 Å². The average Bonchev–Trinajstić information content (AvgIpc) is 2.71. The maximum atomic E-state index is 13.4. The third-order valence-corrected chi connectivity index (χ3v) is 4.97. The van der Waals surface area contributed by atoms with E-state index in [9.17, 15) is 9.90 Å². The van der Waals surface area contributed by atoms with Gasteiger partial charge in [-0.05, 0) is 50.2 Å². The summed E-state index contributed by atoms with van der Waals surface area (Å²) in [5, 5.41) is 11.8. The molecule has 3 aromatic carbocycles. The van der Waals surface area contributed by atoms with Crippen LogP contribution in [0.5, 0.6) is 5.75 Å². The minimum absolute atomic E-state index is 0.0848. The van der Waals surface area contributed by atoms with E-state index in [1.54, 1.807) is 21.9 Å². The Balaban J connectivity index is 2.20. The summed E-state index contributed by atoms with van der Waals surface area (Å²) in [7, 11) is 3.97. The lowest BCUT2D eigenvalue weighted by atomic mass is 10.1. The number of hydrogen-bond acceptors (Lipinski definition) is 3. The number of phenols is 1. The highest BCUT2D eigenvalue weighted by atomic mass is 16.3. The Morgan fingerprint density at radius 3 is 1.96 bits per heavy atom. The lowest BCUT2D eigenvalue weighted by molar-refractivity contribution is 0.212. The summed E-state index contributed by atoms with van der Waals surface area (Å²) in [6, 6.07) is 18.9. The molecule has 0 bridgehead atoms. The maximum absolute atomic E-state index is 13.4. The number of urea groups is 1. The first-order chi connectivity index (χ1) is 13.5. The molecule has 0 aromatic heterocycles. The van der Waals surface area contributed by atoms with Gasteiger partial charge < -0.3 is 14.9 Å². The summed E-state index contributed by atoms with van der Waals surface area (Å²) < 4.78 is 0. The molecule has 1 N–H and O–H groups in total. The zero-order valence-electron chi connectivity index (χ0n) is 16.9. The van der Waals surface area contributed by atoms with Crippen molar-refractivity contribution in [3.63, 3.8) is 0 Å². The third-order valence-electron chi connectivity index (χ3n) is 4.97. The number of anilines is 3. The standard InChI is InChI=1S/C23H27N3O2/c1-5-25(6-2)23(28)26(18-13-11-17(12-14-18)24(3)4)21-15-16-22(27)20-10-8-7-9-19(20)21/h7-16,27H,5-6H2,1-4H3. The number of aromatic hydroxyl groups is 1. The van der Waals surface area contributed by atoms with E-state index in [1.807, 2.05) is 81.4 Å². The summed E-state index contributed by atoms with van der Waals surface area (Å²) >= 11 is 0. The van der Waals surface area contributed by atoms with E-state index in [0.717, 1.165) is 27.8 Å². The van der Waals surface area contributed by atoms with Gasteiger partial charge in [0.1, 0.15) is 5.75 Å². The lowest BCUT2D eigenvalue weighted by Gasteiger charge is -2.30. The van der Waals surface area contributed by atoms with Gasteiger partial charge in [0, 0.05) is 43.6 Å². The first-order valence-corrected chi connectivity index (χ1v) is 9.55. The first kappa shape index (κ1) is 19.5. The number of fused-ring (bicyclic) bond motifs is 1. The van der Waals surface area contributed by atoms with Crippen LogP contribution in [0.2, 0.25) is 0 Å². The zero-order chi connectivity index (χ0) is 20.3. The summed E-state index contributed by atoms with van der Waals surface area (Å²) in [5.74, 6) is 0.206. The Bertz CT molecular complexity index is 963. The van der Waals surface area contributed by atoms with E-state index < -0.39 is 0 Å². The quantitative estimate of drug-likeness (QED) is 0.664. The Morgan fingerprint density at radius 1 is 0.821 bits per heavy atom. The van der Waals surface area contributed by atoms with Crippen molar-refractivity contribution < 1.29 is 9.90 Å². The van der Waals surface area contributed by atoms with Crippen LogP contribution in [0.4, 0.5) is 21.9 Å². The van der Waals surface area contributed by atoms with E-state index in [4.69, 9.17) is 0 Å². The van der Waals surface area contributed by atoms with Crippen LogP contribution in [0.15, 0.2) is 60.7 Å². The SMILES string of the molecule is CCN(CC)C(=O)N(c1ccc(N(C)C)cc1)c1ccc(O)c2ccccc12. The van der Waals surface area contributed by atoms with Crippen molar-refractivity contribution in [3.05, 3.63) is 60.7 Å². The monoisotopic (exact) mass is 377 g/mol. The van der Waals surface area contributed by atoms with Crippen molar-refractivity contribution >= 4 is 33.9 Å². The van der Waals surface area contributed by atoms with E-state index in [1.165, 1.54) is 0 Å². The van der Waals surface area contributed by atoms with Gasteiger partial charge >= 0.3 is 6.03 Å². The molecule has 5 nitrogen and oxygen atoms in total. The van der Waals surface area contributed by atoms with Crippen LogP contribution in [0.25, 0.3) is 10.8 Å². The second-order valence-corrected chi connectivity index (χ2v) is 6.85. The van der Waals surface area contributed by atoms with Crippen molar-refractivity contribution in [3.8, 4) is 5.75 Å². The van der Waals surface area contributed by atoms with Gasteiger partial charge in [-0.15, -0.1) is 0 Å². The maximum Gasteiger partial charge on any atom is 0.329 e. The fourth-order valence-corrected chi connectivity index (χ4v) is 3.35. The van der Waals surface area contributed by atoms with E-state index in [0.29, 0.717) is 13.1 Å². The van der Waals surface area contributed by atoms with Gasteiger partial charge in [0.25, 0.3) is 0 Å². The molecule has 0 fully saturated rings. The predicted molar refractivity (Wildman–Crippen MR) is 117 cm³/mol. The Labute approximate surface area is 166 Å². The number of rotatable bonds is 5. The molecule has 0 atom stereocenters. The van der Waals surface area contributed by atoms with E-state index >= 15 is 0 Å². The molecular formula is C23H27N3O2. The molecule has 2 amide bonds. The highest BCUT2D eigenvalue weighted by Crippen LogP contribution is 2.37. The number of carbonyl (C=O) groups excluding carboxylic acids is 1. The Kier molecular flexibility index (Phi) is 5.73. The highest BCUT2D eigenvalue weighted by Gasteiger charge is 2.24. The topological polar surface area (TPSA) is 47.0 Å². The number of amides is 2. The van der Waals surface area contributed by atoms with Crippen molar-refractivity contribution in [2.75, 3.05) is 37.0 Å². The van der Waals surface area contributed by atoms with E-state index in [-0.39, 0.29) is 11.8 Å². The molecule has 0 spiro atoms. The second kappa shape index (κ2) is 8.21. The highest BCUT2D eigenvalue weighted by molar-refractivity contribution is 6.09. The summed E-state index contributed by atoms with van der Waals surface area (Å²) in [6.07, 6.45) is 0. The van der Waals surface area contributed by atoms with Crippen LogP contribution in [-0.4, -0.2) is 43.2 Å². The van der Waals surface area contributed by atoms with Gasteiger partial charge in [0.2, 0.25) is 0 Å². The van der Waals surface area contributed by atoms with Gasteiger partial charge in [0.15, 0.2) is 0 Å². The van der Waals surface area contributed by atoms with Crippen LogP contribution in [0, 0.1) is 0 Å². The van der Waals surface area contributed by atoms with E-state index in [2.05, 4.69) is 0 Å². The average molecular weight is 377 g/mol. The van der Waals surface area contributed by atoms with Gasteiger partial charge in [-0.2, -0.15) is 0 Å². The van der Waals surface area contributed by atoms with Gasteiger partial charge in [-0.25, -0.2) is 4.79 Å². The molecule has 5 heteroatoms. The number of carbonyl (C=O) groups is 1. The molecule has 0 radical (unpaired) electrons. The van der Waals surface area contributed by atoms with Gasteiger partial charge in [0.05, 0.1) is 11.4 Å². The molecule has 0 aliphatic rings. The van der Waals surface area contributed by atoms with Crippen molar-refractivity contribution in [1.82, 2.24) is 4.90 Å². The predicted octanol–water partition coefficient (Wildman–Crippen LogP) is 5.21. The largest absolute Gasteiger partial charge is 0.507 e. The normalized spacial score (nSPS) is 10.7.